The largest absolute Gasteiger partial charge is 0.324 e. The van der Waals surface area contributed by atoms with Crippen molar-refractivity contribution in [2.75, 3.05) is 5.32 Å². The van der Waals surface area contributed by atoms with Crippen molar-refractivity contribution >= 4 is 11.6 Å². The van der Waals surface area contributed by atoms with Gasteiger partial charge in [0, 0.05) is 5.69 Å². The van der Waals surface area contributed by atoms with Gasteiger partial charge in [-0.05, 0) is 25.5 Å². The van der Waals surface area contributed by atoms with E-state index in [1.807, 2.05) is 26.0 Å². The Morgan fingerprint density at radius 3 is 2.24 bits per heavy atom. The number of nitrogens with one attached hydrogen (secondary N) is 1. The van der Waals surface area contributed by atoms with Crippen molar-refractivity contribution < 1.29 is 8.78 Å². The van der Waals surface area contributed by atoms with Crippen LogP contribution in [0.4, 0.5) is 20.4 Å². The normalized spacial score (nSPS) is 10.4. The first-order chi connectivity index (χ1) is 8.04. The summed E-state index contributed by atoms with van der Waals surface area (Å²) in [6.45, 7) is 3.84. The number of halogens is 2. The molecule has 0 radical (unpaired) electrons. The zero-order chi connectivity index (χ0) is 12.4. The molecule has 1 heterocycles. The van der Waals surface area contributed by atoms with Crippen LogP contribution < -0.4 is 5.32 Å². The number of aromatic nitrogens is 3. The third-order valence-corrected chi connectivity index (χ3v) is 2.21. The number of hydrogen-bond donors (Lipinski definition) is 1. The lowest BCUT2D eigenvalue weighted by atomic mass is 10.1. The number of benzene rings is 1. The van der Waals surface area contributed by atoms with E-state index in [2.05, 4.69) is 20.3 Å². The molecule has 0 amide bonds. The zero-order valence-electron chi connectivity index (χ0n) is 9.33. The maximum atomic E-state index is 12.8. The summed E-state index contributed by atoms with van der Waals surface area (Å²) in [5, 5.41) is 2.74. The van der Waals surface area contributed by atoms with Crippen LogP contribution in [0.25, 0.3) is 0 Å². The number of hydrogen-bond acceptors (Lipinski definition) is 4. The first kappa shape index (κ1) is 11.4. The monoisotopic (exact) mass is 236 g/mol. The van der Waals surface area contributed by atoms with Gasteiger partial charge in [-0.25, -0.2) is 0 Å². The second kappa shape index (κ2) is 4.40. The minimum absolute atomic E-state index is 0.151. The summed E-state index contributed by atoms with van der Waals surface area (Å²) in [7, 11) is 0. The highest BCUT2D eigenvalue weighted by Crippen LogP contribution is 2.19. The van der Waals surface area contributed by atoms with Crippen molar-refractivity contribution in [3.8, 4) is 0 Å². The molecule has 1 aromatic carbocycles. The first-order valence-corrected chi connectivity index (χ1v) is 4.96. The second-order valence-corrected chi connectivity index (χ2v) is 3.64. The fraction of sp³-hybridized carbons (Fsp3) is 0.182. The predicted octanol–water partition coefficient (Wildman–Crippen LogP) is 2.51. The molecular formula is C11H10F2N4. The molecule has 1 aromatic heterocycles. The Morgan fingerprint density at radius 2 is 1.65 bits per heavy atom. The van der Waals surface area contributed by atoms with Crippen LogP contribution in [0.15, 0.2) is 18.2 Å². The minimum Gasteiger partial charge on any atom is -0.324 e. The van der Waals surface area contributed by atoms with Crippen molar-refractivity contribution in [3.05, 3.63) is 41.5 Å². The van der Waals surface area contributed by atoms with Gasteiger partial charge in [-0.2, -0.15) is 23.7 Å². The molecule has 0 aliphatic rings. The summed E-state index contributed by atoms with van der Waals surface area (Å²) in [5.74, 6) is -0.151. The van der Waals surface area contributed by atoms with Crippen LogP contribution in [0.3, 0.4) is 0 Å². The Hall–Kier alpha value is -2.11. The quantitative estimate of drug-likeness (QED) is 0.870. The van der Waals surface area contributed by atoms with Crippen molar-refractivity contribution in [3.63, 3.8) is 0 Å². The SMILES string of the molecule is Cc1ccc(Nc2nc(F)nc(F)n2)c(C)c1. The third kappa shape index (κ3) is 2.72. The fourth-order valence-electron chi connectivity index (χ4n) is 1.46. The van der Waals surface area contributed by atoms with Crippen molar-refractivity contribution in [2.24, 2.45) is 0 Å². The Bertz CT molecular complexity index is 537. The molecule has 6 heteroatoms. The average molecular weight is 236 g/mol. The van der Waals surface area contributed by atoms with Crippen LogP contribution in [-0.2, 0) is 0 Å². The highest BCUT2D eigenvalue weighted by atomic mass is 19.1. The van der Waals surface area contributed by atoms with E-state index in [1.54, 1.807) is 6.07 Å². The highest BCUT2D eigenvalue weighted by molar-refractivity contribution is 5.58. The van der Waals surface area contributed by atoms with E-state index >= 15 is 0 Å². The molecule has 0 aliphatic carbocycles. The molecule has 0 aliphatic heterocycles. The molecule has 0 saturated carbocycles. The molecule has 0 saturated heterocycles. The van der Waals surface area contributed by atoms with E-state index in [9.17, 15) is 8.78 Å². The van der Waals surface area contributed by atoms with Crippen LogP contribution in [-0.4, -0.2) is 15.0 Å². The molecule has 0 atom stereocenters. The van der Waals surface area contributed by atoms with Gasteiger partial charge in [0.1, 0.15) is 0 Å². The van der Waals surface area contributed by atoms with Crippen LogP contribution in [0.5, 0.6) is 0 Å². The van der Waals surface area contributed by atoms with Gasteiger partial charge in [0.2, 0.25) is 5.95 Å². The van der Waals surface area contributed by atoms with E-state index in [-0.39, 0.29) is 5.95 Å². The van der Waals surface area contributed by atoms with Crippen LogP contribution in [0.2, 0.25) is 0 Å². The van der Waals surface area contributed by atoms with E-state index in [1.165, 1.54) is 0 Å². The Morgan fingerprint density at radius 1 is 1.00 bits per heavy atom. The van der Waals surface area contributed by atoms with Gasteiger partial charge in [0.25, 0.3) is 0 Å². The van der Waals surface area contributed by atoms with Crippen molar-refractivity contribution in [2.45, 2.75) is 13.8 Å². The molecule has 0 spiro atoms. The predicted molar refractivity (Wildman–Crippen MR) is 58.9 cm³/mol. The zero-order valence-corrected chi connectivity index (χ0v) is 9.33. The number of nitrogens with zero attached hydrogens (tertiary/aromatic N) is 3. The number of rotatable bonds is 2. The fourth-order valence-corrected chi connectivity index (χ4v) is 1.46. The van der Waals surface area contributed by atoms with E-state index < -0.39 is 12.2 Å². The molecule has 1 N–H and O–H groups in total. The molecule has 0 unspecified atom stereocenters. The van der Waals surface area contributed by atoms with Gasteiger partial charge in [-0.15, -0.1) is 0 Å². The summed E-state index contributed by atoms with van der Waals surface area (Å²) in [4.78, 5) is 9.52. The lowest BCUT2D eigenvalue weighted by molar-refractivity contribution is 0.458. The molecule has 88 valence electrons. The molecule has 4 nitrogen and oxygen atoms in total. The molecule has 0 bridgehead atoms. The summed E-state index contributed by atoms with van der Waals surface area (Å²) >= 11 is 0. The average Bonchev–Trinajstić information content (AvgIpc) is 2.21. The number of aryl methyl sites for hydroxylation is 2. The Labute approximate surface area is 96.8 Å². The smallest absolute Gasteiger partial charge is 0.315 e. The molecular weight excluding hydrogens is 226 g/mol. The maximum absolute atomic E-state index is 12.8. The van der Waals surface area contributed by atoms with Gasteiger partial charge in [0.05, 0.1) is 0 Å². The maximum Gasteiger partial charge on any atom is 0.315 e. The molecule has 0 fully saturated rings. The minimum atomic E-state index is -1.15. The second-order valence-electron chi connectivity index (χ2n) is 3.64. The first-order valence-electron chi connectivity index (χ1n) is 4.96. The Balaban J connectivity index is 2.31. The van der Waals surface area contributed by atoms with E-state index in [0.29, 0.717) is 5.69 Å². The Kier molecular flexibility index (Phi) is 2.95. The molecule has 2 aromatic rings. The van der Waals surface area contributed by atoms with Crippen molar-refractivity contribution in [1.82, 2.24) is 15.0 Å². The van der Waals surface area contributed by atoms with Gasteiger partial charge < -0.3 is 5.32 Å². The highest BCUT2D eigenvalue weighted by Gasteiger charge is 2.06. The summed E-state index contributed by atoms with van der Waals surface area (Å²) in [5.41, 5.74) is 2.73. The van der Waals surface area contributed by atoms with Gasteiger partial charge >= 0.3 is 12.2 Å². The lowest BCUT2D eigenvalue weighted by Crippen LogP contribution is -2.05. The van der Waals surface area contributed by atoms with Gasteiger partial charge in [-0.3, -0.25) is 0 Å². The summed E-state index contributed by atoms with van der Waals surface area (Å²) in [6, 6.07) is 5.61. The standard InChI is InChI=1S/C11H10F2N4/c1-6-3-4-8(7(2)5-6)14-11-16-9(12)15-10(13)17-11/h3-5H,1-2H3,(H,14,15,16,17). The third-order valence-electron chi connectivity index (χ3n) is 2.21. The lowest BCUT2D eigenvalue weighted by Gasteiger charge is -2.08. The van der Waals surface area contributed by atoms with Gasteiger partial charge in [0.15, 0.2) is 0 Å². The molecule has 2 rings (SSSR count). The topological polar surface area (TPSA) is 50.7 Å². The van der Waals surface area contributed by atoms with Crippen LogP contribution >= 0.6 is 0 Å². The van der Waals surface area contributed by atoms with Crippen LogP contribution in [0.1, 0.15) is 11.1 Å². The van der Waals surface area contributed by atoms with Crippen LogP contribution in [0, 0.1) is 26.0 Å². The van der Waals surface area contributed by atoms with Crippen molar-refractivity contribution in [1.29, 1.82) is 0 Å². The van der Waals surface area contributed by atoms with E-state index in [0.717, 1.165) is 11.1 Å². The summed E-state index contributed by atoms with van der Waals surface area (Å²) in [6.07, 6.45) is -2.30. The van der Waals surface area contributed by atoms with Gasteiger partial charge in [-0.1, -0.05) is 17.7 Å². The molecule has 17 heavy (non-hydrogen) atoms. The number of anilines is 2. The summed E-state index contributed by atoms with van der Waals surface area (Å²) < 4.78 is 25.5. The van der Waals surface area contributed by atoms with E-state index in [4.69, 9.17) is 0 Å².